The lowest BCUT2D eigenvalue weighted by Crippen LogP contribution is -2.38. The number of carboxylic acids is 2. The van der Waals surface area contributed by atoms with E-state index in [9.17, 15) is 14.4 Å². The zero-order chi connectivity index (χ0) is 13.3. The van der Waals surface area contributed by atoms with Crippen LogP contribution in [0, 0.1) is 0 Å². The summed E-state index contributed by atoms with van der Waals surface area (Å²) in [7, 11) is 1.17. The van der Waals surface area contributed by atoms with Crippen molar-refractivity contribution in [2.45, 2.75) is 25.9 Å². The molecule has 16 heavy (non-hydrogen) atoms. The van der Waals surface area contributed by atoms with Gasteiger partial charge in [-0.2, -0.15) is 0 Å². The van der Waals surface area contributed by atoms with Crippen LogP contribution in [0.5, 0.6) is 0 Å². The highest BCUT2D eigenvalue weighted by Gasteiger charge is 2.12. The molecule has 1 amide bonds. The van der Waals surface area contributed by atoms with Crippen molar-refractivity contribution in [3.8, 4) is 0 Å². The second kappa shape index (κ2) is 8.48. The molecule has 8 nitrogen and oxygen atoms in total. The van der Waals surface area contributed by atoms with E-state index >= 15 is 0 Å². The molecule has 0 saturated heterocycles. The van der Waals surface area contributed by atoms with E-state index in [2.05, 4.69) is 10.1 Å². The molecule has 0 aromatic rings. The molecule has 8 heteroatoms. The summed E-state index contributed by atoms with van der Waals surface area (Å²) in [6.45, 7) is 2.77. The zero-order valence-electron chi connectivity index (χ0n) is 9.26. The summed E-state index contributed by atoms with van der Waals surface area (Å²) in [5.41, 5.74) is 4.84. The minimum absolute atomic E-state index is 0.731. The molecule has 0 fully saturated rings. The van der Waals surface area contributed by atoms with Gasteiger partial charge in [-0.3, -0.25) is 9.59 Å². The van der Waals surface area contributed by atoms with Crippen molar-refractivity contribution in [2.24, 2.45) is 5.73 Å². The monoisotopic (exact) mass is 236 g/mol. The highest BCUT2D eigenvalue weighted by molar-refractivity contribution is 5.79. The van der Waals surface area contributed by atoms with Crippen LogP contribution in [0.3, 0.4) is 0 Å². The Morgan fingerprint density at radius 1 is 1.19 bits per heavy atom. The number of alkyl carbamates (subject to hydrolysis) is 1. The lowest BCUT2D eigenvalue weighted by Gasteiger charge is -2.06. The molecule has 0 spiro atoms. The van der Waals surface area contributed by atoms with E-state index in [4.69, 9.17) is 15.9 Å². The third-order valence-electron chi connectivity index (χ3n) is 1.28. The zero-order valence-corrected chi connectivity index (χ0v) is 9.26. The number of nitrogens with one attached hydrogen (secondary N) is 1. The summed E-state index contributed by atoms with van der Waals surface area (Å²) in [6.07, 6.45) is -0.741. The molecule has 0 unspecified atom stereocenters. The van der Waals surface area contributed by atoms with Gasteiger partial charge in [0.1, 0.15) is 12.1 Å². The van der Waals surface area contributed by atoms with E-state index in [-0.39, 0.29) is 0 Å². The SMILES string of the molecule is COC(=O)N[C@@H](C)C(=O)O.C[C@H](N)C(=O)O. The predicted octanol–water partition coefficient (Wildman–Crippen LogP) is -0.766. The van der Waals surface area contributed by atoms with Gasteiger partial charge in [0.15, 0.2) is 0 Å². The molecule has 0 aromatic heterocycles. The van der Waals surface area contributed by atoms with E-state index in [1.165, 1.54) is 21.0 Å². The molecule has 0 aromatic carbocycles. The van der Waals surface area contributed by atoms with E-state index in [1.54, 1.807) is 0 Å². The first-order chi connectivity index (χ1) is 7.22. The molecule has 0 aliphatic heterocycles. The standard InChI is InChI=1S/C5H9NO4.C3H7NO2/c1-3(4(7)8)6-5(9)10-2;1-2(4)3(5)6/h3H,1-2H3,(H,6,9)(H,7,8);2H,4H2,1H3,(H,5,6)/t3-;2-/m00/s1. The average molecular weight is 236 g/mol. The molecule has 0 rings (SSSR count). The van der Waals surface area contributed by atoms with Crippen LogP contribution in [0.2, 0.25) is 0 Å². The summed E-state index contributed by atoms with van der Waals surface area (Å²) in [5, 5.41) is 18.2. The van der Waals surface area contributed by atoms with Crippen molar-refractivity contribution < 1.29 is 29.3 Å². The number of ether oxygens (including phenoxy) is 1. The van der Waals surface area contributed by atoms with Crippen molar-refractivity contribution in [3.63, 3.8) is 0 Å². The Bertz CT molecular complexity index is 253. The summed E-state index contributed by atoms with van der Waals surface area (Å²) >= 11 is 0. The first-order valence-electron chi connectivity index (χ1n) is 4.28. The fourth-order valence-corrected chi connectivity index (χ4v) is 0.297. The number of hydrogen-bond acceptors (Lipinski definition) is 5. The molecular weight excluding hydrogens is 220 g/mol. The Balaban J connectivity index is 0. The second-order valence-electron chi connectivity index (χ2n) is 2.82. The Hall–Kier alpha value is -1.83. The van der Waals surface area contributed by atoms with Crippen molar-refractivity contribution in [1.29, 1.82) is 0 Å². The van der Waals surface area contributed by atoms with Gasteiger partial charge in [0.2, 0.25) is 0 Å². The third kappa shape index (κ3) is 10.3. The van der Waals surface area contributed by atoms with Crippen LogP contribution in [0.25, 0.3) is 0 Å². The first-order valence-corrected chi connectivity index (χ1v) is 4.28. The molecule has 0 radical (unpaired) electrons. The maximum absolute atomic E-state index is 10.3. The number of amides is 1. The number of aliphatic carboxylic acids is 2. The number of hydrogen-bond donors (Lipinski definition) is 4. The number of nitrogens with two attached hydrogens (primary N) is 1. The summed E-state index contributed by atoms with van der Waals surface area (Å²) in [5.74, 6) is -2.06. The van der Waals surface area contributed by atoms with Crippen LogP contribution in [0.15, 0.2) is 0 Å². The van der Waals surface area contributed by atoms with Crippen LogP contribution in [-0.2, 0) is 14.3 Å². The van der Waals surface area contributed by atoms with Gasteiger partial charge >= 0.3 is 18.0 Å². The number of carbonyl (C=O) groups excluding carboxylic acids is 1. The summed E-state index contributed by atoms with van der Waals surface area (Å²) in [6, 6.07) is -1.64. The Labute approximate surface area is 92.4 Å². The second-order valence-corrected chi connectivity index (χ2v) is 2.82. The van der Waals surface area contributed by atoms with E-state index in [1.807, 2.05) is 0 Å². The smallest absolute Gasteiger partial charge is 0.407 e. The molecule has 0 heterocycles. The van der Waals surface area contributed by atoms with Gasteiger partial charge < -0.3 is 26.0 Å². The van der Waals surface area contributed by atoms with Crippen LogP contribution >= 0.6 is 0 Å². The predicted molar refractivity (Wildman–Crippen MR) is 53.9 cm³/mol. The number of carboxylic acid groups (broad SMARTS) is 2. The maximum atomic E-state index is 10.3. The minimum Gasteiger partial charge on any atom is -0.480 e. The summed E-state index contributed by atoms with van der Waals surface area (Å²) in [4.78, 5) is 30.0. The van der Waals surface area contributed by atoms with Gasteiger partial charge in [0, 0.05) is 0 Å². The fourth-order valence-electron chi connectivity index (χ4n) is 0.297. The van der Waals surface area contributed by atoms with Gasteiger partial charge in [-0.15, -0.1) is 0 Å². The van der Waals surface area contributed by atoms with Gasteiger partial charge in [-0.1, -0.05) is 0 Å². The summed E-state index contributed by atoms with van der Waals surface area (Å²) < 4.78 is 4.16. The highest BCUT2D eigenvalue weighted by Crippen LogP contribution is 1.81. The lowest BCUT2D eigenvalue weighted by molar-refractivity contribution is -0.139. The number of methoxy groups -OCH3 is 1. The van der Waals surface area contributed by atoms with Gasteiger partial charge in [-0.25, -0.2) is 4.79 Å². The van der Waals surface area contributed by atoms with Crippen LogP contribution in [-0.4, -0.2) is 47.4 Å². The minimum atomic E-state index is -1.09. The number of carbonyl (C=O) groups is 3. The molecule has 0 aliphatic carbocycles. The highest BCUT2D eigenvalue weighted by atomic mass is 16.5. The Morgan fingerprint density at radius 3 is 1.75 bits per heavy atom. The van der Waals surface area contributed by atoms with Crippen molar-refractivity contribution in [3.05, 3.63) is 0 Å². The molecule has 0 aliphatic rings. The quantitative estimate of drug-likeness (QED) is 0.504. The molecule has 5 N–H and O–H groups in total. The molecule has 2 atom stereocenters. The van der Waals surface area contributed by atoms with Crippen molar-refractivity contribution >= 4 is 18.0 Å². The molecule has 0 saturated carbocycles. The van der Waals surface area contributed by atoms with Crippen molar-refractivity contribution in [2.75, 3.05) is 7.11 Å². The average Bonchev–Trinajstić information content (AvgIpc) is 2.18. The van der Waals surface area contributed by atoms with Crippen molar-refractivity contribution in [1.82, 2.24) is 5.32 Å². The maximum Gasteiger partial charge on any atom is 0.407 e. The van der Waals surface area contributed by atoms with Crippen LogP contribution < -0.4 is 11.1 Å². The van der Waals surface area contributed by atoms with Crippen LogP contribution in [0.4, 0.5) is 4.79 Å². The first kappa shape index (κ1) is 16.6. The molecule has 94 valence electrons. The van der Waals surface area contributed by atoms with E-state index in [0.29, 0.717) is 0 Å². The van der Waals surface area contributed by atoms with Gasteiger partial charge in [-0.05, 0) is 13.8 Å². The topological polar surface area (TPSA) is 139 Å². The largest absolute Gasteiger partial charge is 0.480 e. The van der Waals surface area contributed by atoms with Gasteiger partial charge in [0.05, 0.1) is 7.11 Å². The fraction of sp³-hybridized carbons (Fsp3) is 0.625. The Morgan fingerprint density at radius 2 is 1.56 bits per heavy atom. The van der Waals surface area contributed by atoms with Gasteiger partial charge in [0.25, 0.3) is 0 Å². The van der Waals surface area contributed by atoms with E-state index in [0.717, 1.165) is 0 Å². The Kier molecular flexibility index (Phi) is 8.79. The lowest BCUT2D eigenvalue weighted by atomic mass is 10.4. The molecular formula is C8H16N2O6. The number of rotatable bonds is 3. The van der Waals surface area contributed by atoms with E-state index < -0.39 is 30.1 Å². The molecule has 0 bridgehead atoms. The third-order valence-corrected chi connectivity index (χ3v) is 1.28. The normalized spacial score (nSPS) is 12.5. The van der Waals surface area contributed by atoms with Crippen LogP contribution in [0.1, 0.15) is 13.8 Å².